The molecule has 0 atom stereocenters. The monoisotopic (exact) mass is 289 g/mol. The first-order valence-corrected chi connectivity index (χ1v) is 8.07. The summed E-state index contributed by atoms with van der Waals surface area (Å²) in [6.45, 7) is 0.630. The molecule has 1 aliphatic heterocycles. The third-order valence-corrected chi connectivity index (χ3v) is 5.18. The maximum absolute atomic E-state index is 11.3. The second kappa shape index (κ2) is 5.47. The van der Waals surface area contributed by atoms with Crippen molar-refractivity contribution in [3.8, 4) is 5.75 Å². The van der Waals surface area contributed by atoms with Gasteiger partial charge in [-0.2, -0.15) is 0 Å². The summed E-state index contributed by atoms with van der Waals surface area (Å²) in [5, 5.41) is 13.0. The molecule has 2 N–H and O–H groups in total. The van der Waals surface area contributed by atoms with E-state index in [-0.39, 0.29) is 23.3 Å². The van der Waals surface area contributed by atoms with Crippen molar-refractivity contribution < 1.29 is 13.5 Å². The molecule has 0 spiro atoms. The Hall–Kier alpha value is -0.780. The van der Waals surface area contributed by atoms with Crippen LogP contribution < -0.4 is 5.32 Å². The van der Waals surface area contributed by atoms with Gasteiger partial charge in [0.05, 0.1) is 16.5 Å². The van der Waals surface area contributed by atoms with Crippen molar-refractivity contribution in [2.24, 2.45) is 0 Å². The van der Waals surface area contributed by atoms with Crippen LogP contribution in [0, 0.1) is 0 Å². The Morgan fingerprint density at radius 2 is 2.00 bits per heavy atom. The van der Waals surface area contributed by atoms with E-state index in [1.807, 2.05) is 0 Å². The number of halogens is 1. The fraction of sp³-hybridized carbons (Fsp3) is 0.500. The normalized spacial score (nSPS) is 19.8. The van der Waals surface area contributed by atoms with Crippen LogP contribution in [0.3, 0.4) is 0 Å². The van der Waals surface area contributed by atoms with Gasteiger partial charge in [-0.25, -0.2) is 8.42 Å². The molecule has 0 bridgehead atoms. The molecule has 6 heteroatoms. The molecule has 100 valence electrons. The van der Waals surface area contributed by atoms with Gasteiger partial charge in [0.1, 0.15) is 15.6 Å². The van der Waals surface area contributed by atoms with Crippen molar-refractivity contribution >= 4 is 21.4 Å². The van der Waals surface area contributed by atoms with Crippen molar-refractivity contribution in [2.45, 2.75) is 25.4 Å². The summed E-state index contributed by atoms with van der Waals surface area (Å²) >= 11 is 5.82. The second-order valence-electron chi connectivity index (χ2n) is 4.59. The van der Waals surface area contributed by atoms with Crippen LogP contribution in [-0.2, 0) is 16.4 Å². The number of rotatable bonds is 3. The lowest BCUT2D eigenvalue weighted by molar-refractivity contribution is 0.461. The summed E-state index contributed by atoms with van der Waals surface area (Å²) < 4.78 is 22.6. The fourth-order valence-electron chi connectivity index (χ4n) is 2.02. The lowest BCUT2D eigenvalue weighted by Gasteiger charge is -2.23. The average molecular weight is 290 g/mol. The van der Waals surface area contributed by atoms with E-state index in [2.05, 4.69) is 5.32 Å². The van der Waals surface area contributed by atoms with Crippen LogP contribution in [0.4, 0.5) is 0 Å². The fourth-order valence-corrected chi connectivity index (χ4v) is 3.71. The molecule has 1 heterocycles. The molecule has 0 radical (unpaired) electrons. The number of aromatic hydroxyl groups is 1. The summed E-state index contributed by atoms with van der Waals surface area (Å²) in [5.74, 6) is 0.603. The largest absolute Gasteiger partial charge is 0.506 e. The minimum absolute atomic E-state index is 0.0733. The van der Waals surface area contributed by atoms with Gasteiger partial charge in [-0.1, -0.05) is 17.7 Å². The van der Waals surface area contributed by atoms with E-state index in [0.29, 0.717) is 24.4 Å². The second-order valence-corrected chi connectivity index (χ2v) is 7.30. The maximum Gasteiger partial charge on any atom is 0.150 e. The molecular formula is C12H16ClNO3S. The Bertz CT molecular complexity index is 516. The Morgan fingerprint density at radius 3 is 2.61 bits per heavy atom. The van der Waals surface area contributed by atoms with Gasteiger partial charge in [0, 0.05) is 12.6 Å². The van der Waals surface area contributed by atoms with E-state index in [0.717, 1.165) is 5.56 Å². The van der Waals surface area contributed by atoms with Crippen molar-refractivity contribution in [2.75, 3.05) is 11.5 Å². The molecule has 0 amide bonds. The standard InChI is InChI=1S/C12H16ClNO3S/c13-11-7-9(1-2-12(11)15)8-14-10-3-5-18(16,17)6-4-10/h1-2,7,10,14-15H,3-6,8H2. The van der Waals surface area contributed by atoms with Gasteiger partial charge in [-0.05, 0) is 30.5 Å². The molecule has 1 aromatic rings. The predicted molar refractivity (Wildman–Crippen MR) is 71.6 cm³/mol. The van der Waals surface area contributed by atoms with Crippen LogP contribution in [0.5, 0.6) is 5.75 Å². The number of benzene rings is 1. The number of hydrogen-bond donors (Lipinski definition) is 2. The number of sulfone groups is 1. The molecular weight excluding hydrogens is 274 g/mol. The van der Waals surface area contributed by atoms with Gasteiger partial charge in [-0.15, -0.1) is 0 Å². The Kier molecular flexibility index (Phi) is 4.14. The summed E-state index contributed by atoms with van der Waals surface area (Å²) in [7, 11) is -2.81. The Balaban J connectivity index is 1.87. The SMILES string of the molecule is O=S1(=O)CCC(NCc2ccc(O)c(Cl)c2)CC1. The molecule has 1 aliphatic rings. The zero-order chi connectivity index (χ0) is 13.2. The molecule has 0 unspecified atom stereocenters. The van der Waals surface area contributed by atoms with E-state index in [1.165, 1.54) is 0 Å². The maximum atomic E-state index is 11.3. The van der Waals surface area contributed by atoms with Gasteiger partial charge in [0.15, 0.2) is 0 Å². The first kappa shape index (κ1) is 13.6. The van der Waals surface area contributed by atoms with E-state index in [4.69, 9.17) is 11.6 Å². The van der Waals surface area contributed by atoms with E-state index in [9.17, 15) is 13.5 Å². The van der Waals surface area contributed by atoms with Crippen molar-refractivity contribution in [1.29, 1.82) is 0 Å². The third kappa shape index (κ3) is 3.60. The quantitative estimate of drug-likeness (QED) is 0.889. The molecule has 18 heavy (non-hydrogen) atoms. The van der Waals surface area contributed by atoms with Crippen molar-refractivity contribution in [3.05, 3.63) is 28.8 Å². The average Bonchev–Trinajstić information content (AvgIpc) is 2.32. The van der Waals surface area contributed by atoms with Crippen LogP contribution in [0.15, 0.2) is 18.2 Å². The van der Waals surface area contributed by atoms with Gasteiger partial charge >= 0.3 is 0 Å². The summed E-state index contributed by atoms with van der Waals surface area (Å²) in [6.07, 6.45) is 1.32. The first-order valence-electron chi connectivity index (χ1n) is 5.87. The van der Waals surface area contributed by atoms with E-state index >= 15 is 0 Å². The number of phenolic OH excluding ortho intramolecular Hbond substituents is 1. The number of hydrogen-bond acceptors (Lipinski definition) is 4. The van der Waals surface area contributed by atoms with E-state index < -0.39 is 9.84 Å². The zero-order valence-electron chi connectivity index (χ0n) is 9.89. The highest BCUT2D eigenvalue weighted by atomic mass is 35.5. The first-order chi connectivity index (χ1) is 8.46. The van der Waals surface area contributed by atoms with Crippen LogP contribution in [0.2, 0.25) is 5.02 Å². The topological polar surface area (TPSA) is 66.4 Å². The molecule has 1 aromatic carbocycles. The van der Waals surface area contributed by atoms with Gasteiger partial charge in [-0.3, -0.25) is 0 Å². The third-order valence-electron chi connectivity index (χ3n) is 3.16. The predicted octanol–water partition coefficient (Wildman–Crippen LogP) is 1.71. The summed E-state index contributed by atoms with van der Waals surface area (Å²) in [5.41, 5.74) is 0.978. The summed E-state index contributed by atoms with van der Waals surface area (Å²) in [6, 6.07) is 5.31. The van der Waals surface area contributed by atoms with Crippen molar-refractivity contribution in [3.63, 3.8) is 0 Å². The molecule has 4 nitrogen and oxygen atoms in total. The zero-order valence-corrected chi connectivity index (χ0v) is 11.5. The molecule has 0 aromatic heterocycles. The Morgan fingerprint density at radius 1 is 1.33 bits per heavy atom. The summed E-state index contributed by atoms with van der Waals surface area (Å²) in [4.78, 5) is 0. The highest BCUT2D eigenvalue weighted by Gasteiger charge is 2.22. The number of phenols is 1. The lowest BCUT2D eigenvalue weighted by Crippen LogP contribution is -2.37. The van der Waals surface area contributed by atoms with Crippen molar-refractivity contribution in [1.82, 2.24) is 5.32 Å². The van der Waals surface area contributed by atoms with Gasteiger partial charge < -0.3 is 10.4 Å². The van der Waals surface area contributed by atoms with Crippen LogP contribution >= 0.6 is 11.6 Å². The smallest absolute Gasteiger partial charge is 0.150 e. The molecule has 1 saturated heterocycles. The minimum Gasteiger partial charge on any atom is -0.506 e. The van der Waals surface area contributed by atoms with Gasteiger partial charge in [0.25, 0.3) is 0 Å². The molecule has 2 rings (SSSR count). The minimum atomic E-state index is -2.81. The van der Waals surface area contributed by atoms with Gasteiger partial charge in [0.2, 0.25) is 0 Å². The highest BCUT2D eigenvalue weighted by molar-refractivity contribution is 7.91. The van der Waals surface area contributed by atoms with Crippen LogP contribution in [0.25, 0.3) is 0 Å². The van der Waals surface area contributed by atoms with E-state index in [1.54, 1.807) is 18.2 Å². The molecule has 0 aliphatic carbocycles. The van der Waals surface area contributed by atoms with Crippen LogP contribution in [0.1, 0.15) is 18.4 Å². The number of nitrogens with one attached hydrogen (secondary N) is 1. The molecule has 0 saturated carbocycles. The molecule has 1 fully saturated rings. The lowest BCUT2D eigenvalue weighted by atomic mass is 10.1. The Labute approximate surface area is 112 Å². The van der Waals surface area contributed by atoms with Crippen LogP contribution in [-0.4, -0.2) is 31.1 Å². The highest BCUT2D eigenvalue weighted by Crippen LogP contribution is 2.23.